The molecule has 84 valence electrons. The van der Waals surface area contributed by atoms with E-state index >= 15 is 0 Å². The predicted molar refractivity (Wildman–Crippen MR) is 55.6 cm³/mol. The van der Waals surface area contributed by atoms with E-state index in [2.05, 4.69) is 10.2 Å². The van der Waals surface area contributed by atoms with Crippen LogP contribution in [-0.2, 0) is 0 Å². The van der Waals surface area contributed by atoms with Crippen LogP contribution in [0.2, 0.25) is 0 Å². The summed E-state index contributed by atoms with van der Waals surface area (Å²) in [5.74, 6) is 0.635. The maximum atomic E-state index is 13.7. The van der Waals surface area contributed by atoms with Crippen molar-refractivity contribution in [2.75, 3.05) is 6.61 Å². The molecule has 4 nitrogen and oxygen atoms in total. The highest BCUT2D eigenvalue weighted by molar-refractivity contribution is 5.55. The monoisotopic (exact) mass is 222 g/mol. The summed E-state index contributed by atoms with van der Waals surface area (Å²) in [7, 11) is 0. The largest absolute Gasteiger partial charge is 0.494 e. The minimum atomic E-state index is -0.436. The molecule has 0 unspecified atom stereocenters. The van der Waals surface area contributed by atoms with Crippen molar-refractivity contribution in [1.82, 2.24) is 10.2 Å². The van der Waals surface area contributed by atoms with Crippen LogP contribution in [0.4, 0.5) is 4.39 Å². The van der Waals surface area contributed by atoms with Gasteiger partial charge in [0, 0.05) is 13.0 Å². The fourth-order valence-corrected chi connectivity index (χ4v) is 1.33. The zero-order valence-corrected chi connectivity index (χ0v) is 9.03. The molecule has 0 fully saturated rings. The molecule has 2 aromatic rings. The Labute approximate surface area is 92.1 Å². The van der Waals surface area contributed by atoms with Gasteiger partial charge in [0.05, 0.1) is 12.2 Å². The van der Waals surface area contributed by atoms with Crippen LogP contribution in [0.25, 0.3) is 11.5 Å². The van der Waals surface area contributed by atoms with Gasteiger partial charge in [0.15, 0.2) is 0 Å². The van der Waals surface area contributed by atoms with Crippen molar-refractivity contribution in [2.24, 2.45) is 0 Å². The van der Waals surface area contributed by atoms with Gasteiger partial charge in [0.25, 0.3) is 5.89 Å². The third kappa shape index (κ3) is 2.03. The Morgan fingerprint density at radius 1 is 1.38 bits per heavy atom. The van der Waals surface area contributed by atoms with E-state index < -0.39 is 5.82 Å². The molecule has 2 rings (SSSR count). The topological polar surface area (TPSA) is 48.2 Å². The van der Waals surface area contributed by atoms with E-state index in [1.165, 1.54) is 6.07 Å². The van der Waals surface area contributed by atoms with Crippen molar-refractivity contribution < 1.29 is 13.5 Å². The van der Waals surface area contributed by atoms with Crippen LogP contribution in [0, 0.1) is 12.7 Å². The smallest absolute Gasteiger partial charge is 0.250 e. The number of rotatable bonds is 3. The maximum Gasteiger partial charge on any atom is 0.250 e. The fraction of sp³-hybridized carbons (Fsp3) is 0.273. The van der Waals surface area contributed by atoms with Crippen molar-refractivity contribution in [3.05, 3.63) is 29.9 Å². The molecule has 0 saturated carbocycles. The summed E-state index contributed by atoms with van der Waals surface area (Å²) in [6.45, 7) is 3.99. The van der Waals surface area contributed by atoms with Gasteiger partial charge in [-0.25, -0.2) is 4.39 Å². The Bertz CT molecular complexity index is 496. The van der Waals surface area contributed by atoms with Gasteiger partial charge in [0.1, 0.15) is 11.6 Å². The summed E-state index contributed by atoms with van der Waals surface area (Å²) in [5, 5.41) is 7.40. The van der Waals surface area contributed by atoms with Crippen molar-refractivity contribution in [3.8, 4) is 17.2 Å². The van der Waals surface area contributed by atoms with Crippen LogP contribution in [0.15, 0.2) is 22.6 Å². The van der Waals surface area contributed by atoms with E-state index in [1.807, 2.05) is 6.92 Å². The Balaban J connectivity index is 2.36. The SMILES string of the molecule is CCOc1ccc(-c2nnc(C)o2)c(F)c1. The van der Waals surface area contributed by atoms with Crippen LogP contribution in [0.5, 0.6) is 5.75 Å². The van der Waals surface area contributed by atoms with Gasteiger partial charge < -0.3 is 9.15 Å². The molecule has 0 spiro atoms. The quantitative estimate of drug-likeness (QED) is 0.800. The summed E-state index contributed by atoms with van der Waals surface area (Å²) in [5.41, 5.74) is 0.282. The van der Waals surface area contributed by atoms with Crippen molar-refractivity contribution in [3.63, 3.8) is 0 Å². The normalized spacial score (nSPS) is 10.4. The van der Waals surface area contributed by atoms with Gasteiger partial charge in [0.2, 0.25) is 5.89 Å². The van der Waals surface area contributed by atoms with Gasteiger partial charge in [-0.1, -0.05) is 0 Å². The number of aryl methyl sites for hydroxylation is 1. The van der Waals surface area contributed by atoms with Crippen molar-refractivity contribution in [2.45, 2.75) is 13.8 Å². The van der Waals surface area contributed by atoms with Crippen molar-refractivity contribution >= 4 is 0 Å². The van der Waals surface area contributed by atoms with Gasteiger partial charge in [-0.3, -0.25) is 0 Å². The molecule has 16 heavy (non-hydrogen) atoms. The third-order valence-electron chi connectivity index (χ3n) is 2.01. The number of hydrogen-bond acceptors (Lipinski definition) is 4. The second-order valence-electron chi connectivity index (χ2n) is 3.20. The summed E-state index contributed by atoms with van der Waals surface area (Å²) < 4.78 is 24.0. The van der Waals surface area contributed by atoms with Gasteiger partial charge in [-0.05, 0) is 19.1 Å². The van der Waals surface area contributed by atoms with Crippen LogP contribution in [0.1, 0.15) is 12.8 Å². The second kappa shape index (κ2) is 4.30. The number of benzene rings is 1. The van der Waals surface area contributed by atoms with Crippen LogP contribution in [0.3, 0.4) is 0 Å². The highest BCUT2D eigenvalue weighted by Gasteiger charge is 2.12. The zero-order valence-electron chi connectivity index (χ0n) is 9.03. The number of hydrogen-bond donors (Lipinski definition) is 0. The highest BCUT2D eigenvalue weighted by atomic mass is 19.1. The lowest BCUT2D eigenvalue weighted by Gasteiger charge is -2.04. The maximum absolute atomic E-state index is 13.7. The van der Waals surface area contributed by atoms with Gasteiger partial charge >= 0.3 is 0 Å². The fourth-order valence-electron chi connectivity index (χ4n) is 1.33. The Morgan fingerprint density at radius 2 is 2.19 bits per heavy atom. The lowest BCUT2D eigenvalue weighted by atomic mass is 10.2. The average Bonchev–Trinajstić information content (AvgIpc) is 2.65. The molecule has 1 aromatic carbocycles. The molecule has 0 atom stereocenters. The summed E-state index contributed by atoms with van der Waals surface area (Å²) in [6.07, 6.45) is 0. The molecular formula is C11H11FN2O2. The van der Waals surface area contributed by atoms with Gasteiger partial charge in [-0.2, -0.15) is 0 Å². The molecule has 0 aliphatic heterocycles. The van der Waals surface area contributed by atoms with E-state index in [0.29, 0.717) is 18.2 Å². The van der Waals surface area contributed by atoms with Gasteiger partial charge in [-0.15, -0.1) is 10.2 Å². The van der Waals surface area contributed by atoms with Crippen LogP contribution in [-0.4, -0.2) is 16.8 Å². The van der Waals surface area contributed by atoms with E-state index in [4.69, 9.17) is 9.15 Å². The molecule has 5 heteroatoms. The molecule has 0 N–H and O–H groups in total. The number of aromatic nitrogens is 2. The Hall–Kier alpha value is -1.91. The standard InChI is InChI=1S/C11H11FN2O2/c1-3-15-8-4-5-9(10(12)6-8)11-14-13-7(2)16-11/h4-6H,3H2,1-2H3. The molecule has 0 aliphatic carbocycles. The average molecular weight is 222 g/mol. The first-order valence-corrected chi connectivity index (χ1v) is 4.93. The Morgan fingerprint density at radius 3 is 2.75 bits per heavy atom. The predicted octanol–water partition coefficient (Wildman–Crippen LogP) is 2.58. The molecule has 0 saturated heterocycles. The lowest BCUT2D eigenvalue weighted by Crippen LogP contribution is -1.93. The molecule has 0 bridgehead atoms. The first kappa shape index (κ1) is 10.6. The summed E-state index contributed by atoms with van der Waals surface area (Å²) >= 11 is 0. The van der Waals surface area contributed by atoms with Crippen LogP contribution >= 0.6 is 0 Å². The number of ether oxygens (including phenoxy) is 1. The zero-order chi connectivity index (χ0) is 11.5. The first-order chi connectivity index (χ1) is 7.70. The third-order valence-corrected chi connectivity index (χ3v) is 2.01. The minimum absolute atomic E-state index is 0.179. The lowest BCUT2D eigenvalue weighted by molar-refractivity contribution is 0.338. The minimum Gasteiger partial charge on any atom is -0.494 e. The molecule has 1 heterocycles. The summed E-state index contributed by atoms with van der Waals surface area (Å²) in [4.78, 5) is 0. The number of halogens is 1. The highest BCUT2D eigenvalue weighted by Crippen LogP contribution is 2.25. The van der Waals surface area contributed by atoms with E-state index in [1.54, 1.807) is 19.1 Å². The molecule has 0 radical (unpaired) electrons. The molecule has 0 amide bonds. The van der Waals surface area contributed by atoms with Crippen molar-refractivity contribution in [1.29, 1.82) is 0 Å². The first-order valence-electron chi connectivity index (χ1n) is 4.93. The van der Waals surface area contributed by atoms with E-state index in [-0.39, 0.29) is 11.5 Å². The molecule has 0 aliphatic rings. The Kier molecular flexibility index (Phi) is 2.85. The van der Waals surface area contributed by atoms with E-state index in [0.717, 1.165) is 0 Å². The summed E-state index contributed by atoms with van der Waals surface area (Å²) in [6, 6.07) is 4.53. The second-order valence-corrected chi connectivity index (χ2v) is 3.20. The van der Waals surface area contributed by atoms with E-state index in [9.17, 15) is 4.39 Å². The molecule has 1 aromatic heterocycles. The van der Waals surface area contributed by atoms with Crippen LogP contribution < -0.4 is 4.74 Å². The number of nitrogens with zero attached hydrogens (tertiary/aromatic N) is 2. The molecular weight excluding hydrogens is 211 g/mol.